The van der Waals surface area contributed by atoms with E-state index < -0.39 is 6.61 Å². The fourth-order valence-electron chi connectivity index (χ4n) is 2.09. The average molecular weight is 282 g/mol. The summed E-state index contributed by atoms with van der Waals surface area (Å²) in [4.78, 5) is 4.25. The molecule has 2 aromatic rings. The highest BCUT2D eigenvalue weighted by atomic mass is 19.3. The van der Waals surface area contributed by atoms with Crippen LogP contribution < -0.4 is 4.74 Å². The summed E-state index contributed by atoms with van der Waals surface area (Å²) in [5.74, 6) is 0.809. The lowest BCUT2D eigenvalue weighted by molar-refractivity contribution is -0.0495. The third-order valence-corrected chi connectivity index (χ3v) is 3.07. The van der Waals surface area contributed by atoms with Crippen molar-refractivity contribution in [2.75, 3.05) is 13.2 Å². The molecule has 1 aromatic carbocycles. The van der Waals surface area contributed by atoms with Crippen molar-refractivity contribution in [3.8, 4) is 17.2 Å². The van der Waals surface area contributed by atoms with Crippen molar-refractivity contribution in [2.24, 2.45) is 0 Å². The van der Waals surface area contributed by atoms with Gasteiger partial charge in [-0.3, -0.25) is 0 Å². The first-order valence-electron chi connectivity index (χ1n) is 6.19. The van der Waals surface area contributed by atoms with Crippen LogP contribution in [0.4, 0.5) is 8.78 Å². The van der Waals surface area contributed by atoms with Crippen molar-refractivity contribution in [2.45, 2.75) is 19.0 Å². The summed E-state index contributed by atoms with van der Waals surface area (Å²) in [7, 11) is 0. The topological polar surface area (TPSA) is 57.4 Å². The summed E-state index contributed by atoms with van der Waals surface area (Å²) in [6.07, 6.45) is 0.828. The van der Waals surface area contributed by atoms with Gasteiger partial charge in [-0.05, 0) is 18.6 Å². The monoisotopic (exact) mass is 282 g/mol. The molecule has 1 saturated heterocycles. The minimum atomic E-state index is -2.90. The summed E-state index contributed by atoms with van der Waals surface area (Å²) in [6, 6.07) is 6.32. The third kappa shape index (κ3) is 2.62. The predicted octanol–water partition coefficient (Wildman–Crippen LogP) is 2.84. The largest absolute Gasteiger partial charge is 0.434 e. The molecule has 106 valence electrons. The Balaban J connectivity index is 1.89. The molecular formula is C13H12F2N2O3. The van der Waals surface area contributed by atoms with Crippen molar-refractivity contribution >= 4 is 0 Å². The fraction of sp³-hybridized carbons (Fsp3) is 0.385. The van der Waals surface area contributed by atoms with Crippen molar-refractivity contribution in [3.63, 3.8) is 0 Å². The van der Waals surface area contributed by atoms with Crippen molar-refractivity contribution in [1.82, 2.24) is 10.1 Å². The molecule has 1 aliphatic heterocycles. The van der Waals surface area contributed by atoms with Gasteiger partial charge in [0, 0.05) is 12.5 Å². The molecule has 0 N–H and O–H groups in total. The molecule has 0 aliphatic carbocycles. The lowest BCUT2D eigenvalue weighted by Crippen LogP contribution is -2.03. The van der Waals surface area contributed by atoms with Crippen LogP contribution in [0.5, 0.6) is 5.75 Å². The lowest BCUT2D eigenvalue weighted by Gasteiger charge is -2.07. The van der Waals surface area contributed by atoms with Crippen LogP contribution in [0.25, 0.3) is 11.5 Å². The van der Waals surface area contributed by atoms with Crippen LogP contribution in [0.2, 0.25) is 0 Å². The molecule has 1 unspecified atom stereocenters. The highest BCUT2D eigenvalue weighted by molar-refractivity contribution is 5.62. The van der Waals surface area contributed by atoms with E-state index in [4.69, 9.17) is 9.26 Å². The van der Waals surface area contributed by atoms with Gasteiger partial charge in [-0.1, -0.05) is 17.3 Å². The number of hydrogen-bond acceptors (Lipinski definition) is 5. The smallest absolute Gasteiger partial charge is 0.387 e. The molecule has 0 spiro atoms. The van der Waals surface area contributed by atoms with E-state index in [1.54, 1.807) is 18.2 Å². The Morgan fingerprint density at radius 3 is 2.90 bits per heavy atom. The third-order valence-electron chi connectivity index (χ3n) is 3.07. The normalized spacial score (nSPS) is 18.6. The highest BCUT2D eigenvalue weighted by Crippen LogP contribution is 2.31. The lowest BCUT2D eigenvalue weighted by atomic mass is 10.1. The minimum Gasteiger partial charge on any atom is -0.434 e. The maximum absolute atomic E-state index is 12.4. The number of aromatic nitrogens is 2. The van der Waals surface area contributed by atoms with Gasteiger partial charge < -0.3 is 14.0 Å². The Bertz CT molecular complexity index is 583. The molecule has 0 radical (unpaired) electrons. The van der Waals surface area contributed by atoms with Gasteiger partial charge in [0.1, 0.15) is 5.75 Å². The van der Waals surface area contributed by atoms with E-state index in [-0.39, 0.29) is 17.6 Å². The van der Waals surface area contributed by atoms with Crippen LogP contribution in [0.3, 0.4) is 0 Å². The second-order valence-electron chi connectivity index (χ2n) is 4.39. The van der Waals surface area contributed by atoms with Crippen LogP contribution in [-0.4, -0.2) is 30.0 Å². The molecular weight excluding hydrogens is 270 g/mol. The van der Waals surface area contributed by atoms with Gasteiger partial charge in [-0.2, -0.15) is 13.8 Å². The van der Waals surface area contributed by atoms with Crippen LogP contribution in [0, 0.1) is 0 Å². The first-order valence-corrected chi connectivity index (χ1v) is 6.19. The number of ether oxygens (including phenoxy) is 2. The number of hydrogen-bond donors (Lipinski definition) is 0. The van der Waals surface area contributed by atoms with E-state index in [9.17, 15) is 8.78 Å². The van der Waals surface area contributed by atoms with E-state index in [2.05, 4.69) is 14.9 Å². The number of halogens is 2. The molecule has 7 heteroatoms. The molecule has 5 nitrogen and oxygen atoms in total. The molecule has 0 bridgehead atoms. The molecule has 3 rings (SSSR count). The van der Waals surface area contributed by atoms with Gasteiger partial charge in [0.15, 0.2) is 5.82 Å². The number of rotatable bonds is 4. The van der Waals surface area contributed by atoms with E-state index >= 15 is 0 Å². The van der Waals surface area contributed by atoms with Crippen molar-refractivity contribution in [3.05, 3.63) is 30.1 Å². The summed E-state index contributed by atoms with van der Waals surface area (Å²) in [5, 5.41) is 3.89. The highest BCUT2D eigenvalue weighted by Gasteiger charge is 2.24. The zero-order valence-electron chi connectivity index (χ0n) is 10.5. The molecule has 1 aliphatic rings. The summed E-state index contributed by atoms with van der Waals surface area (Å²) in [5.41, 5.74) is 0.352. The van der Waals surface area contributed by atoms with Crippen LogP contribution in [-0.2, 0) is 4.74 Å². The van der Waals surface area contributed by atoms with Gasteiger partial charge in [0.05, 0.1) is 12.2 Å². The molecule has 1 fully saturated rings. The quantitative estimate of drug-likeness (QED) is 0.863. The Hall–Kier alpha value is -2.02. The summed E-state index contributed by atoms with van der Waals surface area (Å²) < 4.78 is 39.6. The molecule has 1 aromatic heterocycles. The summed E-state index contributed by atoms with van der Waals surface area (Å²) >= 11 is 0. The standard InChI is InChI=1S/C13H12F2N2O3/c14-13(15)19-10-4-2-1-3-9(10)12-16-11(17-20-12)8-5-6-18-7-8/h1-4,8,13H,5-7H2. The van der Waals surface area contributed by atoms with Gasteiger partial charge >= 0.3 is 6.61 Å². The Morgan fingerprint density at radius 2 is 2.15 bits per heavy atom. The predicted molar refractivity (Wildman–Crippen MR) is 64.5 cm³/mol. The van der Waals surface area contributed by atoms with Crippen molar-refractivity contribution < 1.29 is 22.8 Å². The van der Waals surface area contributed by atoms with E-state index in [0.717, 1.165) is 6.42 Å². The first-order chi connectivity index (χ1) is 9.74. The Kier molecular flexibility index (Phi) is 3.60. The summed E-state index contributed by atoms with van der Waals surface area (Å²) in [6.45, 7) is -1.69. The van der Waals surface area contributed by atoms with E-state index in [0.29, 0.717) is 24.6 Å². The van der Waals surface area contributed by atoms with Gasteiger partial charge in [-0.25, -0.2) is 0 Å². The maximum atomic E-state index is 12.4. The fourth-order valence-corrected chi connectivity index (χ4v) is 2.09. The van der Waals surface area contributed by atoms with E-state index in [1.807, 2.05) is 0 Å². The average Bonchev–Trinajstić information content (AvgIpc) is 3.10. The second-order valence-corrected chi connectivity index (χ2v) is 4.39. The molecule has 20 heavy (non-hydrogen) atoms. The SMILES string of the molecule is FC(F)Oc1ccccc1-c1nc(C2CCOC2)no1. The molecule has 0 saturated carbocycles. The maximum Gasteiger partial charge on any atom is 0.387 e. The van der Waals surface area contributed by atoms with Crippen LogP contribution in [0.1, 0.15) is 18.2 Å². The minimum absolute atomic E-state index is 0.0142. The molecule has 1 atom stereocenters. The zero-order valence-corrected chi connectivity index (χ0v) is 10.5. The molecule has 2 heterocycles. The molecule has 0 amide bonds. The Morgan fingerprint density at radius 1 is 1.30 bits per heavy atom. The number of nitrogens with zero attached hydrogens (tertiary/aromatic N) is 2. The Labute approximate surface area is 113 Å². The first kappa shape index (κ1) is 13.0. The van der Waals surface area contributed by atoms with Gasteiger partial charge in [-0.15, -0.1) is 0 Å². The van der Waals surface area contributed by atoms with Crippen LogP contribution in [0.15, 0.2) is 28.8 Å². The van der Waals surface area contributed by atoms with E-state index in [1.165, 1.54) is 6.07 Å². The van der Waals surface area contributed by atoms with Crippen molar-refractivity contribution in [1.29, 1.82) is 0 Å². The number of para-hydroxylation sites is 1. The number of benzene rings is 1. The van der Waals surface area contributed by atoms with Gasteiger partial charge in [0.25, 0.3) is 5.89 Å². The second kappa shape index (κ2) is 5.54. The number of alkyl halides is 2. The zero-order chi connectivity index (χ0) is 13.9. The van der Waals surface area contributed by atoms with Crippen LogP contribution >= 0.6 is 0 Å². The van der Waals surface area contributed by atoms with Gasteiger partial charge in [0.2, 0.25) is 0 Å².